The Kier molecular flexibility index (Phi) is 9.06. The molecule has 0 fully saturated rings. The summed E-state index contributed by atoms with van der Waals surface area (Å²) in [4.78, 5) is 25.9. The number of Topliss-reactive ketones (excluding diaryl/α,β-unsaturated/α-hetero) is 1. The van der Waals surface area contributed by atoms with Gasteiger partial charge in [0.2, 0.25) is 0 Å². The summed E-state index contributed by atoms with van der Waals surface area (Å²) in [6, 6.07) is 6.69. The normalized spacial score (nSPS) is 12.7. The maximum absolute atomic E-state index is 15.3. The second kappa shape index (κ2) is 11.2. The Morgan fingerprint density at radius 3 is 2.37 bits per heavy atom. The van der Waals surface area contributed by atoms with Crippen LogP contribution in [-0.2, 0) is 23.2 Å². The molecule has 1 heterocycles. The van der Waals surface area contributed by atoms with Crippen molar-refractivity contribution < 1.29 is 28.6 Å². The first-order chi connectivity index (χ1) is 16.0. The van der Waals surface area contributed by atoms with E-state index in [0.29, 0.717) is 23.3 Å². The minimum absolute atomic E-state index is 0. The fraction of sp³-hybridized carbons (Fsp3) is 0.423. The molecule has 2 aromatic rings. The molecule has 2 N–H and O–H groups in total. The predicted octanol–water partition coefficient (Wildman–Crippen LogP) is 5.15. The van der Waals surface area contributed by atoms with E-state index < -0.39 is 11.8 Å². The highest BCUT2D eigenvalue weighted by Crippen LogP contribution is 2.39. The van der Waals surface area contributed by atoms with E-state index >= 15 is 4.39 Å². The largest absolute Gasteiger partial charge is 0.490 e. The number of halogens is 2. The van der Waals surface area contributed by atoms with Gasteiger partial charge >= 0.3 is 5.97 Å². The topological polar surface area (TPSA) is 99.9 Å². The highest BCUT2D eigenvalue weighted by atomic mass is 79.9. The molecule has 0 bridgehead atoms. The third-order valence-corrected chi connectivity index (χ3v) is 5.69. The van der Waals surface area contributed by atoms with Crippen LogP contribution in [0.15, 0.2) is 24.3 Å². The Balaban J connectivity index is 0.00000432. The molecule has 0 saturated carbocycles. The quantitative estimate of drug-likeness (QED) is 0.419. The van der Waals surface area contributed by atoms with Crippen LogP contribution in [0.2, 0.25) is 0 Å². The smallest absolute Gasteiger partial charge is 0.307 e. The van der Waals surface area contributed by atoms with Crippen LogP contribution in [0, 0.1) is 11.2 Å². The lowest BCUT2D eigenvalue weighted by molar-refractivity contribution is -0.136. The molecule has 0 amide bonds. The van der Waals surface area contributed by atoms with E-state index in [-0.39, 0.29) is 77.2 Å². The summed E-state index contributed by atoms with van der Waals surface area (Å²) in [5, 5.41) is 17.7. The van der Waals surface area contributed by atoms with Gasteiger partial charge in [0.1, 0.15) is 5.84 Å². The molecule has 0 saturated heterocycles. The number of benzene rings is 2. The average molecular weight is 551 g/mol. The lowest BCUT2D eigenvalue weighted by atomic mass is 9.81. The number of carbonyl (C=O) groups excluding carboxylic acids is 1. The molecule has 0 spiro atoms. The van der Waals surface area contributed by atoms with Gasteiger partial charge in [0.15, 0.2) is 23.1 Å². The number of ether oxygens (including phenoxy) is 2. The van der Waals surface area contributed by atoms with E-state index in [0.717, 1.165) is 5.56 Å². The SMILES string of the molecule is Br.CCOc1cc2c(c(F)c1OCC)C(=N)N(CC(=O)c1ccc(CC(=O)O)c(C(C)(C)C)c1)C2. The minimum Gasteiger partial charge on any atom is -0.490 e. The van der Waals surface area contributed by atoms with Gasteiger partial charge in [-0.3, -0.25) is 15.0 Å². The summed E-state index contributed by atoms with van der Waals surface area (Å²) in [6.07, 6.45) is -0.128. The monoisotopic (exact) mass is 550 g/mol. The molecular weight excluding hydrogens is 519 g/mol. The molecule has 0 unspecified atom stereocenters. The van der Waals surface area contributed by atoms with Gasteiger partial charge in [-0.1, -0.05) is 32.9 Å². The van der Waals surface area contributed by atoms with Crippen LogP contribution < -0.4 is 9.47 Å². The number of carbonyl (C=O) groups is 2. The van der Waals surface area contributed by atoms with Crippen molar-refractivity contribution >= 4 is 34.6 Å². The van der Waals surface area contributed by atoms with E-state index in [4.69, 9.17) is 14.9 Å². The highest BCUT2D eigenvalue weighted by molar-refractivity contribution is 8.93. The van der Waals surface area contributed by atoms with Crippen LogP contribution in [0.25, 0.3) is 0 Å². The summed E-state index contributed by atoms with van der Waals surface area (Å²) < 4.78 is 26.2. The number of rotatable bonds is 9. The highest BCUT2D eigenvalue weighted by Gasteiger charge is 2.33. The number of carboxylic acid groups (broad SMARTS) is 1. The molecule has 190 valence electrons. The molecular formula is C26H32BrFN2O5. The zero-order chi connectivity index (χ0) is 25.2. The van der Waals surface area contributed by atoms with Gasteiger partial charge in [-0.25, -0.2) is 4.39 Å². The van der Waals surface area contributed by atoms with Crippen molar-refractivity contribution in [3.8, 4) is 11.5 Å². The van der Waals surface area contributed by atoms with Gasteiger partial charge in [-0.2, -0.15) is 0 Å². The van der Waals surface area contributed by atoms with E-state index in [9.17, 15) is 14.7 Å². The number of hydrogen-bond acceptors (Lipinski definition) is 5. The number of aliphatic carboxylic acids is 1. The van der Waals surface area contributed by atoms with Crippen molar-refractivity contribution in [2.45, 2.75) is 53.0 Å². The summed E-state index contributed by atoms with van der Waals surface area (Å²) in [7, 11) is 0. The Hall–Kier alpha value is -2.94. The van der Waals surface area contributed by atoms with Gasteiger partial charge in [0.05, 0.1) is 31.7 Å². The van der Waals surface area contributed by atoms with Crippen molar-refractivity contribution in [2.24, 2.45) is 0 Å². The number of amidine groups is 1. The van der Waals surface area contributed by atoms with E-state index in [1.165, 1.54) is 4.90 Å². The Morgan fingerprint density at radius 1 is 1.14 bits per heavy atom. The second-order valence-corrected chi connectivity index (χ2v) is 9.24. The van der Waals surface area contributed by atoms with Crippen molar-refractivity contribution in [3.05, 3.63) is 57.9 Å². The number of hydrogen-bond donors (Lipinski definition) is 2. The molecule has 0 atom stereocenters. The summed E-state index contributed by atoms with van der Waals surface area (Å²) in [6.45, 7) is 10.1. The first-order valence-electron chi connectivity index (χ1n) is 11.3. The fourth-order valence-corrected chi connectivity index (χ4v) is 4.19. The predicted molar refractivity (Wildman–Crippen MR) is 137 cm³/mol. The Bertz CT molecular complexity index is 1140. The standard InChI is InChI=1S/C26H31FN2O5.BrH/c1-6-33-20-11-17-13-29(25(28)22(17)23(27)24(20)34-7-2)14-19(30)16-9-8-15(12-21(31)32)18(10-16)26(3,4)5;/h8-11,28H,6-7,12-14H2,1-5H3,(H,31,32);1H. The zero-order valence-electron chi connectivity index (χ0n) is 20.7. The summed E-state index contributed by atoms with van der Waals surface area (Å²) >= 11 is 0. The van der Waals surface area contributed by atoms with E-state index in [1.807, 2.05) is 20.8 Å². The van der Waals surface area contributed by atoms with Crippen LogP contribution in [0.5, 0.6) is 11.5 Å². The van der Waals surface area contributed by atoms with Gasteiger partial charge in [-0.05, 0) is 48.1 Å². The molecule has 1 aliphatic rings. The van der Waals surface area contributed by atoms with Gasteiger partial charge in [-0.15, -0.1) is 17.0 Å². The van der Waals surface area contributed by atoms with Crippen molar-refractivity contribution in [1.82, 2.24) is 4.90 Å². The maximum Gasteiger partial charge on any atom is 0.307 e. The number of nitrogens with zero attached hydrogens (tertiary/aromatic N) is 1. The van der Waals surface area contributed by atoms with Gasteiger partial charge < -0.3 is 19.5 Å². The molecule has 2 aromatic carbocycles. The summed E-state index contributed by atoms with van der Waals surface area (Å²) in [5.41, 5.74) is 2.20. The molecule has 0 aromatic heterocycles. The van der Waals surface area contributed by atoms with Crippen molar-refractivity contribution in [3.63, 3.8) is 0 Å². The maximum atomic E-state index is 15.3. The van der Waals surface area contributed by atoms with Crippen LogP contribution in [0.1, 0.15) is 67.2 Å². The molecule has 0 radical (unpaired) electrons. The number of fused-ring (bicyclic) bond motifs is 1. The molecule has 0 aliphatic carbocycles. The third kappa shape index (κ3) is 6.01. The van der Waals surface area contributed by atoms with E-state index in [2.05, 4.69) is 0 Å². The Labute approximate surface area is 215 Å². The van der Waals surface area contributed by atoms with Crippen molar-refractivity contribution in [2.75, 3.05) is 19.8 Å². The van der Waals surface area contributed by atoms with E-state index in [1.54, 1.807) is 38.1 Å². The molecule has 1 aliphatic heterocycles. The average Bonchev–Trinajstić information content (AvgIpc) is 3.05. The number of carboxylic acids is 1. The molecule has 7 nitrogen and oxygen atoms in total. The first kappa shape index (κ1) is 28.3. The van der Waals surface area contributed by atoms with Crippen LogP contribution in [0.3, 0.4) is 0 Å². The molecule has 35 heavy (non-hydrogen) atoms. The number of nitrogens with one attached hydrogen (secondary N) is 1. The Morgan fingerprint density at radius 2 is 1.80 bits per heavy atom. The lowest BCUT2D eigenvalue weighted by Crippen LogP contribution is -2.30. The molecule has 3 rings (SSSR count). The van der Waals surface area contributed by atoms with Crippen LogP contribution >= 0.6 is 17.0 Å². The summed E-state index contributed by atoms with van der Waals surface area (Å²) in [5.74, 6) is -1.65. The minimum atomic E-state index is -0.937. The van der Waals surface area contributed by atoms with Crippen LogP contribution in [0.4, 0.5) is 4.39 Å². The molecule has 9 heteroatoms. The van der Waals surface area contributed by atoms with Crippen molar-refractivity contribution in [1.29, 1.82) is 5.41 Å². The lowest BCUT2D eigenvalue weighted by Gasteiger charge is -2.24. The van der Waals surface area contributed by atoms with Gasteiger partial charge in [0, 0.05) is 12.1 Å². The van der Waals surface area contributed by atoms with Gasteiger partial charge in [0.25, 0.3) is 0 Å². The zero-order valence-corrected chi connectivity index (χ0v) is 22.4. The second-order valence-electron chi connectivity index (χ2n) is 9.24. The first-order valence-corrected chi connectivity index (χ1v) is 11.3. The third-order valence-electron chi connectivity index (χ3n) is 5.69. The fourth-order valence-electron chi connectivity index (χ4n) is 4.19. The number of ketones is 1. The van der Waals surface area contributed by atoms with Crippen LogP contribution in [-0.4, -0.2) is 47.4 Å².